The second-order valence-electron chi connectivity index (χ2n) is 33.3. The van der Waals surface area contributed by atoms with Gasteiger partial charge in [0.15, 0.2) is 17.0 Å². The highest BCUT2D eigenvalue weighted by molar-refractivity contribution is 6.39. The number of carbonyl (C=O) groups is 6. The van der Waals surface area contributed by atoms with Gasteiger partial charge in [0.1, 0.15) is 53.5 Å². The van der Waals surface area contributed by atoms with E-state index in [2.05, 4.69) is 30.6 Å². The number of aryl methyl sites for hydroxylation is 1. The maximum Gasteiger partial charge on any atom is 0.329 e. The van der Waals surface area contributed by atoms with Gasteiger partial charge in [-0.1, -0.05) is 93.6 Å². The number of esters is 1. The average molecular weight is 1740 g/mol. The van der Waals surface area contributed by atoms with Crippen molar-refractivity contribution < 1.29 is 100 Å². The van der Waals surface area contributed by atoms with Gasteiger partial charge in [-0.2, -0.15) is 10.1 Å². The third-order valence-corrected chi connectivity index (χ3v) is 23.8. The Morgan fingerprint density at radius 3 is 2.15 bits per heavy atom. The molecule has 34 nitrogen and oxygen atoms in total. The number of oxazole rings is 1. The molecular weight excluding hydrogens is 1610 g/mol. The number of aliphatic hydroxyl groups excluding tert-OH is 1. The van der Waals surface area contributed by atoms with Crippen LogP contribution in [0.5, 0.6) is 0 Å². The number of hydrogen-bond acceptors (Lipinski definition) is 30. The molecule has 6 aromatic rings. The highest BCUT2D eigenvalue weighted by atomic mass is 16.6. The van der Waals surface area contributed by atoms with Gasteiger partial charge in [0.25, 0.3) is 17.7 Å². The van der Waals surface area contributed by atoms with Crippen molar-refractivity contribution in [1.29, 1.82) is 0 Å². The molecule has 9 N–H and O–H groups in total. The molecule has 2 saturated heterocycles. The quantitative estimate of drug-likeness (QED) is 0.00915. The maximum absolute atomic E-state index is 14.7. The summed E-state index contributed by atoms with van der Waals surface area (Å²) in [6, 6.07) is 11.4. The summed E-state index contributed by atoms with van der Waals surface area (Å²) in [5.41, 5.74) is 26.3. The zero-order chi connectivity index (χ0) is 89.4. The minimum Gasteiger partial charge on any atom is -0.459 e. The van der Waals surface area contributed by atoms with E-state index in [-0.39, 0.29) is 86.4 Å². The summed E-state index contributed by atoms with van der Waals surface area (Å²) in [5.74, 6) is -8.11. The molecule has 7 heterocycles. The minimum absolute atomic E-state index is 0.0157. The number of methoxy groups -OCH3 is 3. The van der Waals surface area contributed by atoms with Crippen LogP contribution >= 0.6 is 0 Å². The van der Waals surface area contributed by atoms with E-state index in [0.717, 1.165) is 45.7 Å². The molecule has 1 aliphatic carbocycles. The van der Waals surface area contributed by atoms with Gasteiger partial charge < -0.3 is 98.9 Å². The van der Waals surface area contributed by atoms with Crippen molar-refractivity contribution in [2.75, 3.05) is 125 Å². The second kappa shape index (κ2) is 50.0. The van der Waals surface area contributed by atoms with E-state index < -0.39 is 83.8 Å². The van der Waals surface area contributed by atoms with Crippen LogP contribution in [0.3, 0.4) is 0 Å². The van der Waals surface area contributed by atoms with Crippen LogP contribution in [-0.4, -0.2) is 264 Å². The summed E-state index contributed by atoms with van der Waals surface area (Å²) < 4.78 is 79.4. The number of nitrogens with zero attached hydrogens (tertiary/aromatic N) is 9. The molecule has 0 spiro atoms. The van der Waals surface area contributed by atoms with Crippen LogP contribution in [0.25, 0.3) is 33.4 Å². The number of Topliss-reactive ketones (excluding diaryl/α,β-unsaturated/α-hetero) is 3. The molecule has 2 bridgehead atoms. The fraction of sp³-hybridized carbons (Fsp3) is 0.626. The van der Waals surface area contributed by atoms with Crippen LogP contribution in [0.15, 0.2) is 107 Å². The fourth-order valence-corrected chi connectivity index (χ4v) is 16.5. The van der Waals surface area contributed by atoms with Crippen molar-refractivity contribution >= 4 is 69.1 Å². The summed E-state index contributed by atoms with van der Waals surface area (Å²) >= 11 is 0. The lowest BCUT2D eigenvalue weighted by atomic mass is 9.80. The zero-order valence-electron chi connectivity index (χ0n) is 74.0. The number of nitrogen functional groups attached to an aromatic ring is 2. The minimum atomic E-state index is -2.48. The lowest BCUT2D eigenvalue weighted by Crippen LogP contribution is -2.61. The Balaban J connectivity index is 0.569. The molecule has 1 saturated carbocycles. The first-order valence-electron chi connectivity index (χ1n) is 44.0. The van der Waals surface area contributed by atoms with Gasteiger partial charge in [-0.05, 0) is 150 Å². The number of aliphatic hydroxyl groups is 2. The second-order valence-corrected chi connectivity index (χ2v) is 33.3. The molecule has 10 rings (SSSR count). The van der Waals surface area contributed by atoms with Crippen molar-refractivity contribution in [2.24, 2.45) is 35.3 Å². The molecule has 2 amide bonds. The number of unbranched alkanes of at least 4 members (excludes halogenated alkanes) is 1. The molecule has 15 atom stereocenters. The summed E-state index contributed by atoms with van der Waals surface area (Å²) in [6.07, 6.45) is 16.5. The number of anilines is 2. The van der Waals surface area contributed by atoms with Crippen molar-refractivity contribution in [3.63, 3.8) is 0 Å². The van der Waals surface area contributed by atoms with E-state index in [1.807, 2.05) is 86.8 Å². The topological polar surface area (TPSA) is 447 Å². The van der Waals surface area contributed by atoms with Crippen molar-refractivity contribution in [2.45, 2.75) is 225 Å². The molecule has 686 valence electrons. The summed E-state index contributed by atoms with van der Waals surface area (Å²) in [4.78, 5) is 98.8. The van der Waals surface area contributed by atoms with E-state index in [1.165, 1.54) is 13.4 Å². The number of nitrogens with two attached hydrogens (primary N) is 3. The number of benzene rings is 2. The molecule has 125 heavy (non-hydrogen) atoms. The Morgan fingerprint density at radius 1 is 0.744 bits per heavy atom. The number of fused-ring (bicyclic) bond motifs is 5. The van der Waals surface area contributed by atoms with Crippen LogP contribution < -0.4 is 22.5 Å². The smallest absolute Gasteiger partial charge is 0.329 e. The maximum atomic E-state index is 14.7. The lowest BCUT2D eigenvalue weighted by Gasteiger charge is -2.42. The van der Waals surface area contributed by atoms with E-state index in [4.69, 9.17) is 83.6 Å². The molecule has 0 unspecified atom stereocenters. The van der Waals surface area contributed by atoms with Crippen LogP contribution in [0.2, 0.25) is 0 Å². The van der Waals surface area contributed by atoms with Crippen molar-refractivity contribution in [3.8, 4) is 11.3 Å². The molecular formula is C91H131N13O21. The van der Waals surface area contributed by atoms with Gasteiger partial charge >= 0.3 is 5.97 Å². The van der Waals surface area contributed by atoms with Gasteiger partial charge in [-0.25, -0.2) is 24.1 Å². The highest BCUT2D eigenvalue weighted by Gasteiger charge is 2.53. The van der Waals surface area contributed by atoms with Crippen molar-refractivity contribution in [1.82, 2.24) is 49.9 Å². The molecule has 2 aromatic carbocycles. The summed E-state index contributed by atoms with van der Waals surface area (Å²) in [5, 5.41) is 40.9. The SMILES string of the molecule is CO[C@H]1C[C@@H]2CC[C@@H](C)[C@@](O)(O2)C(=O)C(=O)N2CCCC[C@H]2C(=O)O[C@H]([C@H](N)C[C@@H]2CC[C@@H](OCCCCc3cn(CCOCCOCCOCCOCCOCCOCCC(=O)NCc4ccc(Cn5nc(-c6ccc7oc(N)nc7c6)c6c(N)ncnc65)cc4)nn3)[C@H](OC)C2)CC(=O)[C@H](C)/C=C(\C)[C@@H](O)[C@@H](OC)C(=O)[C@H](C)C[C@H](C)/C=C/C=C/C=C/1C. The highest BCUT2D eigenvalue weighted by Crippen LogP contribution is 2.39. The lowest BCUT2D eigenvalue weighted by molar-refractivity contribution is -0.265. The molecule has 4 aromatic heterocycles. The van der Waals surface area contributed by atoms with Gasteiger partial charge in [-0.15, -0.1) is 5.10 Å². The number of hydrogen-bond donors (Lipinski definition) is 6. The Kier molecular flexibility index (Phi) is 39.2. The Morgan fingerprint density at radius 2 is 1.45 bits per heavy atom. The number of cyclic esters (lactones) is 1. The largest absolute Gasteiger partial charge is 0.459 e. The first-order valence-corrected chi connectivity index (χ1v) is 44.0. The van der Waals surface area contributed by atoms with E-state index in [0.29, 0.717) is 202 Å². The third-order valence-electron chi connectivity index (χ3n) is 23.8. The Bertz CT molecular complexity index is 4550. The normalized spacial score (nSPS) is 26.7. The number of amides is 2. The number of ketones is 3. The van der Waals surface area contributed by atoms with Gasteiger partial charge in [0.05, 0.1) is 128 Å². The summed E-state index contributed by atoms with van der Waals surface area (Å²) in [6.45, 7) is 17.3. The van der Waals surface area contributed by atoms with E-state index in [1.54, 1.807) is 63.4 Å². The number of ether oxygens (including phenoxy) is 12. The predicted octanol–water partition coefficient (Wildman–Crippen LogP) is 8.48. The molecule has 3 aliphatic heterocycles. The van der Waals surface area contributed by atoms with Crippen LogP contribution in [0.4, 0.5) is 11.8 Å². The number of rotatable bonds is 38. The van der Waals surface area contributed by atoms with Crippen LogP contribution in [0.1, 0.15) is 155 Å². The van der Waals surface area contributed by atoms with Crippen LogP contribution in [0, 0.1) is 29.6 Å². The predicted molar refractivity (Wildman–Crippen MR) is 465 cm³/mol. The first-order chi connectivity index (χ1) is 60.3. The Hall–Kier alpha value is -8.98. The summed E-state index contributed by atoms with van der Waals surface area (Å²) in [7, 11) is 4.59. The fourth-order valence-electron chi connectivity index (χ4n) is 16.5. The number of carbonyl (C=O) groups excluding carboxylic acids is 6. The molecule has 0 radical (unpaired) electrons. The molecule has 34 heteroatoms. The number of nitrogens with one attached hydrogen (secondary N) is 1. The van der Waals surface area contributed by atoms with E-state index >= 15 is 0 Å². The Labute approximate surface area is 731 Å². The number of aromatic nitrogens is 8. The number of allylic oxidation sites excluding steroid dienone is 6. The standard InChI is InChI=1S/C91H131N13O21/c1-58-17-11-10-12-18-59(2)76(113-7)52-69-28-21-63(6)91(112,125-69)85(109)88(110)103-32-15-13-20-72(103)89(111)123-77(53-73(105)60(3)48-62(5)83(108)84(115-9)82(107)61(4)47-58)70(92)49-66-26-29-75(78(50-66)114-8)122-34-16-14-19-68-56-102(101-99-68)33-36-117-38-40-119-42-44-121-46-45-120-43-41-118-39-37-116-35-31-79(106)95-54-64-22-24-65(25-23-64)55-104-87-80(86(93)96-57-97-87)81(100-104)67-27-30-74-71(51-67)98-90(94)124-74/h10-12,17-18,22-25,27,30,48,51,56-58,60-61,63,66,69-70,72,75-78,83-84,108,112H,13-16,19-21,26,28-29,31-47,49-50,52-55,92H2,1-9H3,(H2,94,98)(H,95,106)(H2,93,96,97)/b12-10+,17-11+,59-18+,62-48+/t58-,60-,61-,63-,66+,69+,70-,72+,75-,76+,77+,78-,83-,84+,91-/m1/s1. The molecule has 3 fully saturated rings. The monoisotopic (exact) mass is 1740 g/mol. The van der Waals surface area contributed by atoms with Gasteiger partial charge in [-0.3, -0.25) is 24.0 Å². The van der Waals surface area contributed by atoms with E-state index in [9.17, 15) is 39.0 Å². The third kappa shape index (κ3) is 29.0. The zero-order valence-corrected chi connectivity index (χ0v) is 74.0. The average Bonchev–Trinajstić information content (AvgIpc) is 0.810. The molecule has 4 aliphatic rings. The number of piperidine rings is 1. The van der Waals surface area contributed by atoms with Crippen LogP contribution in [-0.2, 0) is 112 Å². The van der Waals surface area contributed by atoms with Crippen molar-refractivity contribution in [3.05, 3.63) is 119 Å². The first kappa shape index (κ1) is 98.2. The van der Waals surface area contributed by atoms with Gasteiger partial charge in [0.2, 0.25) is 11.7 Å². The van der Waals surface area contributed by atoms with Gasteiger partial charge in [0, 0.05) is 95.8 Å².